The van der Waals surface area contributed by atoms with Gasteiger partial charge in [0.25, 0.3) is 0 Å². The number of nitrogens with one attached hydrogen (secondary N) is 2. The van der Waals surface area contributed by atoms with E-state index in [1.165, 1.54) is 19.3 Å². The molecule has 0 aromatic carbocycles. The fourth-order valence-corrected chi connectivity index (χ4v) is 2.76. The molecule has 0 aliphatic carbocycles. The van der Waals surface area contributed by atoms with Crippen molar-refractivity contribution >= 4 is 17.5 Å². The molecule has 6 nitrogen and oxygen atoms in total. The summed E-state index contributed by atoms with van der Waals surface area (Å²) in [5.74, 6) is 2.92. The van der Waals surface area contributed by atoms with E-state index in [0.717, 1.165) is 48.9 Å². The third kappa shape index (κ3) is 2.80. The summed E-state index contributed by atoms with van der Waals surface area (Å²) in [5.41, 5.74) is 4.43. The van der Waals surface area contributed by atoms with Crippen molar-refractivity contribution < 1.29 is 0 Å². The van der Waals surface area contributed by atoms with Crippen LogP contribution in [0, 0.1) is 0 Å². The summed E-state index contributed by atoms with van der Waals surface area (Å²) in [6.45, 7) is 4.42. The number of hydrogen-bond acceptors (Lipinski definition) is 5. The van der Waals surface area contributed by atoms with Crippen LogP contribution in [-0.2, 0) is 0 Å². The third-order valence-electron chi connectivity index (χ3n) is 3.96. The van der Waals surface area contributed by atoms with Gasteiger partial charge in [-0.05, 0) is 12.8 Å². The number of aromatic amines is 1. The van der Waals surface area contributed by atoms with E-state index in [1.54, 1.807) is 6.33 Å². The van der Waals surface area contributed by atoms with Crippen LogP contribution in [0.5, 0.6) is 0 Å². The van der Waals surface area contributed by atoms with Crippen molar-refractivity contribution in [2.75, 3.05) is 0 Å². The minimum absolute atomic E-state index is 0.0246. The number of nitrogens with zero attached hydrogens (tertiary/aromatic N) is 4. The van der Waals surface area contributed by atoms with Crippen LogP contribution in [0.4, 0.5) is 5.82 Å². The van der Waals surface area contributed by atoms with Gasteiger partial charge in [-0.2, -0.15) is 0 Å². The van der Waals surface area contributed by atoms with Crippen molar-refractivity contribution in [2.24, 2.45) is 9.98 Å². The van der Waals surface area contributed by atoms with Crippen LogP contribution in [0.3, 0.4) is 0 Å². The van der Waals surface area contributed by atoms with Crippen molar-refractivity contribution in [3.63, 3.8) is 0 Å². The summed E-state index contributed by atoms with van der Waals surface area (Å²) in [7, 11) is 0. The Morgan fingerprint density at radius 1 is 1.14 bits per heavy atom. The molecule has 0 saturated heterocycles. The minimum Gasteiger partial charge on any atom is -0.343 e. The van der Waals surface area contributed by atoms with E-state index in [2.05, 4.69) is 34.3 Å². The molecule has 1 unspecified atom stereocenters. The van der Waals surface area contributed by atoms with E-state index in [4.69, 9.17) is 9.98 Å². The SMILES string of the molecule is CCCCCC1=Nc2nc[nH]c2C2N=C(CCCC)NN12. The second-order valence-corrected chi connectivity index (χ2v) is 5.66. The molecule has 2 aliphatic heterocycles. The summed E-state index contributed by atoms with van der Waals surface area (Å²) in [4.78, 5) is 17.0. The Morgan fingerprint density at radius 2 is 2.00 bits per heavy atom. The minimum atomic E-state index is -0.0246. The van der Waals surface area contributed by atoms with Gasteiger partial charge < -0.3 is 4.98 Å². The Morgan fingerprint density at radius 3 is 2.81 bits per heavy atom. The number of rotatable bonds is 7. The van der Waals surface area contributed by atoms with Crippen molar-refractivity contribution in [1.29, 1.82) is 0 Å². The van der Waals surface area contributed by atoms with Gasteiger partial charge in [-0.15, -0.1) is 0 Å². The van der Waals surface area contributed by atoms with Gasteiger partial charge in [0, 0.05) is 12.8 Å². The van der Waals surface area contributed by atoms with Crippen LogP contribution in [0.25, 0.3) is 0 Å². The second kappa shape index (κ2) is 6.28. The first-order valence-corrected chi connectivity index (χ1v) is 8.06. The Balaban J connectivity index is 1.79. The summed E-state index contributed by atoms with van der Waals surface area (Å²) in [6, 6.07) is 0. The summed E-state index contributed by atoms with van der Waals surface area (Å²) < 4.78 is 0. The van der Waals surface area contributed by atoms with Gasteiger partial charge in [-0.1, -0.05) is 33.1 Å². The van der Waals surface area contributed by atoms with Crippen LogP contribution in [0.15, 0.2) is 16.3 Å². The average molecular weight is 288 g/mol. The number of aliphatic imine (C=N–C) groups is 2. The van der Waals surface area contributed by atoms with Crippen molar-refractivity contribution in [1.82, 2.24) is 20.4 Å². The van der Waals surface area contributed by atoms with E-state index in [1.807, 2.05) is 0 Å². The number of imidazole rings is 1. The molecular formula is C15H24N6. The highest BCUT2D eigenvalue weighted by molar-refractivity contribution is 5.93. The molecule has 0 saturated carbocycles. The molecule has 1 aromatic heterocycles. The maximum atomic E-state index is 4.82. The van der Waals surface area contributed by atoms with E-state index >= 15 is 0 Å². The first-order valence-electron chi connectivity index (χ1n) is 8.06. The number of hydrogen-bond donors (Lipinski definition) is 2. The topological polar surface area (TPSA) is 68.7 Å². The predicted octanol–water partition coefficient (Wildman–Crippen LogP) is 3.44. The lowest BCUT2D eigenvalue weighted by Gasteiger charge is -2.29. The van der Waals surface area contributed by atoms with Crippen LogP contribution < -0.4 is 5.43 Å². The van der Waals surface area contributed by atoms with Gasteiger partial charge in [0.1, 0.15) is 17.4 Å². The van der Waals surface area contributed by atoms with Crippen molar-refractivity contribution in [3.05, 3.63) is 12.0 Å². The van der Waals surface area contributed by atoms with Gasteiger partial charge in [-0.25, -0.2) is 20.0 Å². The number of unbranched alkanes of at least 4 members (excludes halogenated alkanes) is 3. The normalized spacial score (nSPS) is 19.7. The Hall–Kier alpha value is -1.85. The number of hydrazine groups is 1. The van der Waals surface area contributed by atoms with Crippen molar-refractivity contribution in [2.45, 2.75) is 65.0 Å². The number of H-pyrrole nitrogens is 1. The first kappa shape index (κ1) is 14.1. The molecule has 0 amide bonds. The van der Waals surface area contributed by atoms with E-state index in [-0.39, 0.29) is 6.17 Å². The molecule has 2 aliphatic rings. The van der Waals surface area contributed by atoms with Gasteiger partial charge in [0.15, 0.2) is 12.0 Å². The lowest BCUT2D eigenvalue weighted by Crippen LogP contribution is -2.43. The number of amidine groups is 2. The highest BCUT2D eigenvalue weighted by atomic mass is 15.6. The van der Waals surface area contributed by atoms with E-state index in [9.17, 15) is 0 Å². The molecule has 3 rings (SSSR count). The summed E-state index contributed by atoms with van der Waals surface area (Å²) in [6.07, 6.45) is 9.59. The molecule has 114 valence electrons. The zero-order valence-corrected chi connectivity index (χ0v) is 12.9. The molecular weight excluding hydrogens is 264 g/mol. The van der Waals surface area contributed by atoms with Crippen LogP contribution >= 0.6 is 0 Å². The number of aromatic nitrogens is 2. The molecule has 0 fully saturated rings. The Bertz CT molecular complexity index is 544. The van der Waals surface area contributed by atoms with E-state index in [0.29, 0.717) is 0 Å². The second-order valence-electron chi connectivity index (χ2n) is 5.66. The fourth-order valence-electron chi connectivity index (χ4n) is 2.76. The molecule has 21 heavy (non-hydrogen) atoms. The maximum absolute atomic E-state index is 4.82. The Labute approximate surface area is 125 Å². The Kier molecular flexibility index (Phi) is 4.22. The van der Waals surface area contributed by atoms with Crippen LogP contribution in [0.1, 0.15) is 70.7 Å². The molecule has 3 heterocycles. The quantitative estimate of drug-likeness (QED) is 0.755. The molecule has 6 heteroatoms. The summed E-state index contributed by atoms with van der Waals surface area (Å²) in [5, 5.41) is 2.11. The average Bonchev–Trinajstić information content (AvgIpc) is 3.11. The molecule has 0 radical (unpaired) electrons. The highest BCUT2D eigenvalue weighted by Gasteiger charge is 2.36. The third-order valence-corrected chi connectivity index (χ3v) is 3.96. The molecule has 1 aromatic rings. The smallest absolute Gasteiger partial charge is 0.187 e. The van der Waals surface area contributed by atoms with Gasteiger partial charge in [0.05, 0.1) is 6.33 Å². The lowest BCUT2D eigenvalue weighted by atomic mass is 10.1. The van der Waals surface area contributed by atoms with Gasteiger partial charge in [0.2, 0.25) is 0 Å². The van der Waals surface area contributed by atoms with Gasteiger partial charge in [-0.3, -0.25) is 5.43 Å². The van der Waals surface area contributed by atoms with E-state index < -0.39 is 0 Å². The fraction of sp³-hybridized carbons (Fsp3) is 0.667. The zero-order valence-electron chi connectivity index (χ0n) is 12.9. The maximum Gasteiger partial charge on any atom is 0.187 e. The standard InChI is InChI=1S/C15H24N6/c1-3-5-7-9-12-19-14-13(16-10-17-14)15-18-11(8-6-4-2)20-21(12)15/h10,15H,3-9H2,1-2H3,(H,16,17)(H,18,20). The van der Waals surface area contributed by atoms with Crippen molar-refractivity contribution in [3.8, 4) is 0 Å². The van der Waals surface area contributed by atoms with Crippen LogP contribution in [-0.4, -0.2) is 26.6 Å². The molecule has 0 bridgehead atoms. The molecule has 2 N–H and O–H groups in total. The zero-order chi connectivity index (χ0) is 14.7. The lowest BCUT2D eigenvalue weighted by molar-refractivity contribution is 0.302. The monoisotopic (exact) mass is 288 g/mol. The largest absolute Gasteiger partial charge is 0.343 e. The highest BCUT2D eigenvalue weighted by Crippen LogP contribution is 2.35. The first-order chi connectivity index (χ1) is 10.3. The number of fused-ring (bicyclic) bond motifs is 3. The van der Waals surface area contributed by atoms with Gasteiger partial charge >= 0.3 is 0 Å². The summed E-state index contributed by atoms with van der Waals surface area (Å²) >= 11 is 0. The molecule has 0 spiro atoms. The molecule has 1 atom stereocenters. The predicted molar refractivity (Wildman–Crippen MR) is 84.5 cm³/mol. The van der Waals surface area contributed by atoms with Crippen LogP contribution in [0.2, 0.25) is 0 Å².